The monoisotopic (exact) mass is 441 g/mol. The zero-order chi connectivity index (χ0) is 22.1. The molecule has 2 N–H and O–H groups in total. The summed E-state index contributed by atoms with van der Waals surface area (Å²) in [4.78, 5) is 4.08. The molecule has 0 spiro atoms. The Bertz CT molecular complexity index is 1040. The molecule has 0 saturated heterocycles. The Hall–Kier alpha value is -2.59. The van der Waals surface area contributed by atoms with Crippen molar-refractivity contribution in [2.75, 3.05) is 12.3 Å². The quantitative estimate of drug-likeness (QED) is 0.215. The second kappa shape index (κ2) is 8.27. The van der Waals surface area contributed by atoms with Crippen LogP contribution in [0.4, 0.5) is 23.2 Å². The summed E-state index contributed by atoms with van der Waals surface area (Å²) in [7, 11) is -1.33. The van der Waals surface area contributed by atoms with E-state index in [4.69, 9.17) is 15.2 Å². The molecule has 0 atom stereocenters. The Balaban J connectivity index is 1.97. The van der Waals surface area contributed by atoms with Crippen molar-refractivity contribution in [3.63, 3.8) is 0 Å². The van der Waals surface area contributed by atoms with Gasteiger partial charge in [0.25, 0.3) is 0 Å². The van der Waals surface area contributed by atoms with E-state index in [9.17, 15) is 17.6 Å². The molecule has 0 radical (unpaired) electrons. The van der Waals surface area contributed by atoms with Gasteiger partial charge in [-0.3, -0.25) is 0 Å². The lowest BCUT2D eigenvalue weighted by molar-refractivity contribution is -0.136. The van der Waals surface area contributed by atoms with Crippen LogP contribution in [0.15, 0.2) is 36.7 Å². The van der Waals surface area contributed by atoms with Crippen molar-refractivity contribution >= 4 is 24.8 Å². The van der Waals surface area contributed by atoms with E-state index >= 15 is 0 Å². The molecule has 2 heterocycles. The molecule has 162 valence electrons. The molecule has 10 heteroatoms. The largest absolute Gasteiger partial charge is 0.453 e. The van der Waals surface area contributed by atoms with Crippen LogP contribution >= 0.6 is 0 Å². The highest BCUT2D eigenvalue weighted by Crippen LogP contribution is 2.41. The van der Waals surface area contributed by atoms with Gasteiger partial charge in [0.2, 0.25) is 0 Å². The number of rotatable bonds is 7. The molecule has 0 aliphatic carbocycles. The van der Waals surface area contributed by atoms with Crippen LogP contribution in [0, 0.1) is 5.82 Å². The van der Waals surface area contributed by atoms with E-state index < -0.39 is 25.6 Å². The van der Waals surface area contributed by atoms with Gasteiger partial charge in [-0.25, -0.2) is 9.37 Å². The third kappa shape index (κ3) is 5.11. The van der Waals surface area contributed by atoms with Crippen LogP contribution < -0.4 is 10.5 Å². The maximum absolute atomic E-state index is 14.1. The maximum Gasteiger partial charge on any atom is 0.418 e. The number of benzene rings is 1. The number of ether oxygens (including phenoxy) is 2. The highest BCUT2D eigenvalue weighted by atomic mass is 28.3. The van der Waals surface area contributed by atoms with Gasteiger partial charge in [-0.15, -0.1) is 0 Å². The van der Waals surface area contributed by atoms with Crippen molar-refractivity contribution in [3.8, 4) is 11.5 Å². The van der Waals surface area contributed by atoms with Crippen molar-refractivity contribution in [1.29, 1.82) is 0 Å². The number of nitrogens with zero attached hydrogens (tertiary/aromatic N) is 2. The first-order chi connectivity index (χ1) is 14.0. The van der Waals surface area contributed by atoms with Gasteiger partial charge in [-0.1, -0.05) is 19.6 Å². The van der Waals surface area contributed by atoms with Crippen molar-refractivity contribution < 1.29 is 27.0 Å². The summed E-state index contributed by atoms with van der Waals surface area (Å²) >= 11 is 0. The molecule has 0 amide bonds. The van der Waals surface area contributed by atoms with Crippen molar-refractivity contribution in [2.24, 2.45) is 0 Å². The van der Waals surface area contributed by atoms with Crippen molar-refractivity contribution in [1.82, 2.24) is 9.55 Å². The van der Waals surface area contributed by atoms with Crippen LogP contribution in [0.5, 0.6) is 11.5 Å². The van der Waals surface area contributed by atoms with E-state index in [1.54, 1.807) is 0 Å². The Morgan fingerprint density at radius 1 is 1.13 bits per heavy atom. The maximum atomic E-state index is 14.1. The zero-order valence-corrected chi connectivity index (χ0v) is 17.9. The second-order valence-corrected chi connectivity index (χ2v) is 13.8. The summed E-state index contributed by atoms with van der Waals surface area (Å²) in [6.45, 7) is 6.92. The minimum absolute atomic E-state index is 0.0451. The van der Waals surface area contributed by atoms with Crippen LogP contribution in [0.3, 0.4) is 0 Å². The third-order valence-electron chi connectivity index (χ3n) is 4.43. The van der Waals surface area contributed by atoms with Gasteiger partial charge in [0, 0.05) is 38.8 Å². The second-order valence-electron chi connectivity index (χ2n) is 8.16. The van der Waals surface area contributed by atoms with Gasteiger partial charge < -0.3 is 19.8 Å². The van der Waals surface area contributed by atoms with Crippen molar-refractivity contribution in [3.05, 3.63) is 48.0 Å². The number of hydrogen-bond donors (Lipinski definition) is 1. The van der Waals surface area contributed by atoms with Gasteiger partial charge >= 0.3 is 6.18 Å². The lowest BCUT2D eigenvalue weighted by atomic mass is 10.2. The first-order valence-corrected chi connectivity index (χ1v) is 13.0. The standard InChI is InChI=1S/C20H23F4N3O2Si/c1-30(2,3)9-8-28-12-27-11-14(20(22,23)24)18-17(6-7-26-19(18)27)29-16-5-4-13(25)10-15(16)21/h4-7,10-11H,8-9,12,25H2,1-3H3. The van der Waals surface area contributed by atoms with E-state index in [-0.39, 0.29) is 35.0 Å². The number of alkyl halides is 3. The molecule has 3 rings (SSSR count). The van der Waals surface area contributed by atoms with Gasteiger partial charge in [-0.05, 0) is 24.2 Å². The Morgan fingerprint density at radius 2 is 1.87 bits per heavy atom. The molecule has 5 nitrogen and oxygen atoms in total. The van der Waals surface area contributed by atoms with Crippen LogP contribution in [-0.4, -0.2) is 24.2 Å². The molecule has 30 heavy (non-hydrogen) atoms. The Morgan fingerprint density at radius 3 is 2.50 bits per heavy atom. The average Bonchev–Trinajstić information content (AvgIpc) is 3.00. The topological polar surface area (TPSA) is 62.3 Å². The summed E-state index contributed by atoms with van der Waals surface area (Å²) in [5.41, 5.74) is 4.81. The molecule has 0 bridgehead atoms. The first kappa shape index (κ1) is 22.1. The minimum Gasteiger partial charge on any atom is -0.453 e. The predicted octanol–water partition coefficient (Wildman–Crippen LogP) is 5.88. The fourth-order valence-corrected chi connectivity index (χ4v) is 3.60. The smallest absolute Gasteiger partial charge is 0.418 e. The van der Waals surface area contributed by atoms with Gasteiger partial charge in [0.15, 0.2) is 11.6 Å². The van der Waals surface area contributed by atoms with E-state index in [0.717, 1.165) is 18.3 Å². The summed E-state index contributed by atoms with van der Waals surface area (Å²) in [5.74, 6) is -1.16. The van der Waals surface area contributed by atoms with Gasteiger partial charge in [0.1, 0.15) is 18.1 Å². The summed E-state index contributed by atoms with van der Waals surface area (Å²) in [6.07, 6.45) is -2.40. The Kier molecular flexibility index (Phi) is 6.09. The Labute approximate surface area is 172 Å². The number of aromatic nitrogens is 2. The molecule has 0 aliphatic rings. The van der Waals surface area contributed by atoms with Crippen LogP contribution in [-0.2, 0) is 17.6 Å². The average molecular weight is 442 g/mol. The number of fused-ring (bicyclic) bond motifs is 1. The van der Waals surface area contributed by atoms with E-state index in [2.05, 4.69) is 24.6 Å². The predicted molar refractivity (Wildman–Crippen MR) is 110 cm³/mol. The minimum atomic E-state index is -4.65. The lowest BCUT2D eigenvalue weighted by Gasteiger charge is -2.15. The number of hydrogen-bond acceptors (Lipinski definition) is 4. The molecule has 0 saturated carbocycles. The summed E-state index contributed by atoms with van der Waals surface area (Å²) < 4.78 is 67.6. The van der Waals surface area contributed by atoms with Crippen LogP contribution in [0.1, 0.15) is 5.56 Å². The molecule has 2 aromatic heterocycles. The normalized spacial score (nSPS) is 12.5. The first-order valence-electron chi connectivity index (χ1n) is 9.31. The van der Waals surface area contributed by atoms with E-state index in [0.29, 0.717) is 6.61 Å². The highest BCUT2D eigenvalue weighted by Gasteiger charge is 2.36. The highest BCUT2D eigenvalue weighted by molar-refractivity contribution is 6.76. The van der Waals surface area contributed by atoms with Crippen LogP contribution in [0.25, 0.3) is 11.0 Å². The molecule has 0 unspecified atom stereocenters. The molecular formula is C20H23F4N3O2Si. The van der Waals surface area contributed by atoms with E-state index in [1.807, 2.05) is 0 Å². The number of halogens is 4. The van der Waals surface area contributed by atoms with Gasteiger partial charge in [-0.2, -0.15) is 13.2 Å². The molecule has 3 aromatic rings. The number of nitrogen functional groups attached to an aromatic ring is 1. The third-order valence-corrected chi connectivity index (χ3v) is 6.13. The van der Waals surface area contributed by atoms with E-state index in [1.165, 1.54) is 29.0 Å². The summed E-state index contributed by atoms with van der Waals surface area (Å²) in [5, 5.41) is -0.255. The lowest BCUT2D eigenvalue weighted by Crippen LogP contribution is -2.22. The number of nitrogens with two attached hydrogens (primary N) is 1. The zero-order valence-electron chi connectivity index (χ0n) is 16.9. The van der Waals surface area contributed by atoms with Gasteiger partial charge in [0.05, 0.1) is 10.9 Å². The molecule has 1 aromatic carbocycles. The fraction of sp³-hybridized carbons (Fsp3) is 0.350. The summed E-state index contributed by atoms with van der Waals surface area (Å²) in [6, 6.07) is 5.86. The fourth-order valence-electron chi connectivity index (χ4n) is 2.84. The van der Waals surface area contributed by atoms with Crippen LogP contribution in [0.2, 0.25) is 25.7 Å². The molecule has 0 aliphatic heterocycles. The molecular weight excluding hydrogens is 418 g/mol. The number of pyridine rings is 1. The SMILES string of the molecule is C[Si](C)(C)CCOCn1cc(C(F)(F)F)c2c(Oc3ccc(N)cc3F)ccnc21. The van der Waals surface area contributed by atoms with Crippen molar-refractivity contribution in [2.45, 2.75) is 38.6 Å². The molecule has 0 fully saturated rings. The number of anilines is 1.